The van der Waals surface area contributed by atoms with Gasteiger partial charge in [-0.2, -0.15) is 22.0 Å². The van der Waals surface area contributed by atoms with Gasteiger partial charge in [0.15, 0.2) is 0 Å². The summed E-state index contributed by atoms with van der Waals surface area (Å²) in [4.78, 5) is 0. The van der Waals surface area contributed by atoms with Crippen LogP contribution in [0.1, 0.15) is 32.1 Å². The predicted molar refractivity (Wildman–Crippen MR) is 55.1 cm³/mol. The summed E-state index contributed by atoms with van der Waals surface area (Å²) < 4.78 is 68.5. The molecule has 0 saturated heterocycles. The average molecular weight is 272 g/mol. The van der Waals surface area contributed by atoms with Crippen molar-refractivity contribution in [3.63, 3.8) is 0 Å². The number of fused-ring (bicyclic) bond motifs is 2. The van der Waals surface area contributed by atoms with Crippen LogP contribution < -0.4 is 0 Å². The van der Waals surface area contributed by atoms with E-state index in [0.717, 1.165) is 19.3 Å². The maximum absolute atomic E-state index is 13.3. The minimum Gasteiger partial charge on any atom is -0.323 e. The molecule has 2 bridgehead atoms. The van der Waals surface area contributed by atoms with Gasteiger partial charge < -0.3 is 4.74 Å². The lowest BCUT2D eigenvalue weighted by atomic mass is 9.81. The predicted octanol–water partition coefficient (Wildman–Crippen LogP) is 4.23. The Morgan fingerprint density at radius 2 is 1.78 bits per heavy atom. The van der Waals surface area contributed by atoms with Crippen molar-refractivity contribution in [2.75, 3.05) is 7.11 Å². The molecule has 2 fully saturated rings. The molecule has 2 aliphatic carbocycles. The Hall–Kier alpha value is -0.390. The summed E-state index contributed by atoms with van der Waals surface area (Å²) in [7, 11) is 0.625. The topological polar surface area (TPSA) is 9.23 Å². The summed E-state index contributed by atoms with van der Waals surface area (Å²) in [6, 6.07) is 0. The van der Waals surface area contributed by atoms with Crippen molar-refractivity contribution in [1.82, 2.24) is 0 Å². The lowest BCUT2D eigenvalue weighted by Gasteiger charge is -2.31. The minimum absolute atomic E-state index is 0.201. The molecule has 0 aromatic heterocycles. The highest BCUT2D eigenvalue weighted by Crippen LogP contribution is 2.53. The number of rotatable bonds is 4. The van der Waals surface area contributed by atoms with E-state index in [-0.39, 0.29) is 11.8 Å². The molecule has 4 atom stereocenters. The molecule has 0 aromatic carbocycles. The highest BCUT2D eigenvalue weighted by Gasteiger charge is 2.58. The Labute approximate surface area is 103 Å². The molecule has 106 valence electrons. The van der Waals surface area contributed by atoms with E-state index in [1.165, 1.54) is 0 Å². The fourth-order valence-corrected chi connectivity index (χ4v) is 3.57. The lowest BCUT2D eigenvalue weighted by molar-refractivity contribution is -0.331. The van der Waals surface area contributed by atoms with Crippen LogP contribution in [-0.2, 0) is 4.74 Å². The van der Waals surface area contributed by atoms with E-state index in [4.69, 9.17) is 0 Å². The normalized spacial score (nSPS) is 34.0. The number of hydrogen-bond acceptors (Lipinski definition) is 1. The van der Waals surface area contributed by atoms with Crippen LogP contribution in [-0.4, -0.2) is 19.4 Å². The van der Waals surface area contributed by atoms with Gasteiger partial charge in [-0.05, 0) is 43.4 Å². The Balaban J connectivity index is 2.07. The van der Waals surface area contributed by atoms with Gasteiger partial charge in [-0.1, -0.05) is 6.42 Å². The average Bonchev–Trinajstić information content (AvgIpc) is 2.85. The molecule has 2 saturated carbocycles. The van der Waals surface area contributed by atoms with Gasteiger partial charge >= 0.3 is 12.3 Å². The van der Waals surface area contributed by atoms with E-state index in [2.05, 4.69) is 4.74 Å². The van der Waals surface area contributed by atoms with Crippen LogP contribution in [0, 0.1) is 23.7 Å². The van der Waals surface area contributed by atoms with Crippen molar-refractivity contribution >= 4 is 0 Å². The third-order valence-corrected chi connectivity index (χ3v) is 4.50. The Kier molecular flexibility index (Phi) is 3.60. The summed E-state index contributed by atoms with van der Waals surface area (Å²) in [6.07, 6.45) is -6.05. The lowest BCUT2D eigenvalue weighted by Crippen LogP contribution is -2.42. The first-order valence-corrected chi connectivity index (χ1v) is 6.23. The first kappa shape index (κ1) is 14.0. The summed E-state index contributed by atoms with van der Waals surface area (Å²) in [5.74, 6) is -2.26. The quantitative estimate of drug-likeness (QED) is 0.696. The molecular formula is C12H17F5O. The van der Waals surface area contributed by atoms with E-state index in [1.807, 2.05) is 0 Å². The molecule has 0 N–H and O–H groups in total. The minimum atomic E-state index is -4.92. The molecule has 0 aliphatic heterocycles. The maximum Gasteiger partial charge on any atom is 0.400 e. The van der Waals surface area contributed by atoms with Gasteiger partial charge in [-0.15, -0.1) is 0 Å². The number of methoxy groups -OCH3 is 1. The van der Waals surface area contributed by atoms with E-state index in [0.29, 0.717) is 19.4 Å². The van der Waals surface area contributed by atoms with Crippen molar-refractivity contribution in [3.8, 4) is 0 Å². The molecule has 2 aliphatic rings. The molecule has 1 nitrogen and oxygen atoms in total. The number of halogens is 5. The second-order valence-corrected chi connectivity index (χ2v) is 5.53. The van der Waals surface area contributed by atoms with Crippen LogP contribution >= 0.6 is 0 Å². The van der Waals surface area contributed by atoms with Crippen LogP contribution in [0.4, 0.5) is 22.0 Å². The van der Waals surface area contributed by atoms with E-state index >= 15 is 0 Å². The van der Waals surface area contributed by atoms with Gasteiger partial charge in [-0.25, -0.2) is 0 Å². The van der Waals surface area contributed by atoms with Gasteiger partial charge in [0.1, 0.15) is 5.92 Å². The molecule has 18 heavy (non-hydrogen) atoms. The Morgan fingerprint density at radius 1 is 1.11 bits per heavy atom. The zero-order valence-corrected chi connectivity index (χ0v) is 10.1. The van der Waals surface area contributed by atoms with E-state index in [9.17, 15) is 22.0 Å². The molecule has 6 heteroatoms. The van der Waals surface area contributed by atoms with Gasteiger partial charge in [-0.3, -0.25) is 0 Å². The maximum atomic E-state index is 13.3. The summed E-state index contributed by atoms with van der Waals surface area (Å²) >= 11 is 0. The molecule has 0 amide bonds. The fourth-order valence-electron chi connectivity index (χ4n) is 3.57. The second-order valence-electron chi connectivity index (χ2n) is 5.53. The third-order valence-electron chi connectivity index (χ3n) is 4.50. The fraction of sp³-hybridized carbons (Fsp3) is 1.00. The SMILES string of the molecule is COC(F)(F)C(CC1CC2CCC1C2)C(F)(F)F. The van der Waals surface area contributed by atoms with Crippen LogP contribution in [0.15, 0.2) is 0 Å². The standard InChI is InChI=1S/C12H17F5O/c1-18-12(16,17)10(11(13,14)15)6-9-5-7-2-3-8(9)4-7/h7-10H,2-6H2,1H3. The van der Waals surface area contributed by atoms with Crippen molar-refractivity contribution in [3.05, 3.63) is 0 Å². The summed E-state index contributed by atoms with van der Waals surface area (Å²) in [5, 5.41) is 0. The Bertz CT molecular complexity index is 301. The molecule has 0 heterocycles. The van der Waals surface area contributed by atoms with E-state index in [1.54, 1.807) is 0 Å². The Morgan fingerprint density at radius 3 is 2.17 bits per heavy atom. The van der Waals surface area contributed by atoms with Crippen molar-refractivity contribution in [1.29, 1.82) is 0 Å². The molecular weight excluding hydrogens is 255 g/mol. The van der Waals surface area contributed by atoms with Crippen LogP contribution in [0.2, 0.25) is 0 Å². The van der Waals surface area contributed by atoms with Gasteiger partial charge in [0.25, 0.3) is 0 Å². The monoisotopic (exact) mass is 272 g/mol. The zero-order chi connectivity index (χ0) is 13.6. The molecule has 0 aromatic rings. The second kappa shape index (κ2) is 4.62. The first-order chi connectivity index (χ1) is 8.24. The molecule has 0 spiro atoms. The van der Waals surface area contributed by atoms with E-state index < -0.39 is 24.6 Å². The van der Waals surface area contributed by atoms with Crippen LogP contribution in [0.3, 0.4) is 0 Å². The van der Waals surface area contributed by atoms with Gasteiger partial charge in [0.2, 0.25) is 0 Å². The van der Waals surface area contributed by atoms with Crippen LogP contribution in [0.5, 0.6) is 0 Å². The highest BCUT2D eigenvalue weighted by atomic mass is 19.4. The third kappa shape index (κ3) is 2.63. The summed E-state index contributed by atoms with van der Waals surface area (Å²) in [6.45, 7) is 0. The van der Waals surface area contributed by atoms with Crippen LogP contribution in [0.25, 0.3) is 0 Å². The number of alkyl halides is 5. The number of ether oxygens (including phenoxy) is 1. The van der Waals surface area contributed by atoms with Crippen molar-refractivity contribution < 1.29 is 26.7 Å². The zero-order valence-electron chi connectivity index (χ0n) is 10.1. The molecule has 0 radical (unpaired) electrons. The largest absolute Gasteiger partial charge is 0.400 e. The first-order valence-electron chi connectivity index (χ1n) is 6.23. The van der Waals surface area contributed by atoms with Crippen molar-refractivity contribution in [2.24, 2.45) is 23.7 Å². The summed E-state index contributed by atoms with van der Waals surface area (Å²) in [5.41, 5.74) is 0. The number of hydrogen-bond donors (Lipinski definition) is 0. The molecule has 2 rings (SSSR count). The van der Waals surface area contributed by atoms with Gasteiger partial charge in [0.05, 0.1) is 0 Å². The van der Waals surface area contributed by atoms with Crippen molar-refractivity contribution in [2.45, 2.75) is 44.4 Å². The smallest absolute Gasteiger partial charge is 0.323 e. The highest BCUT2D eigenvalue weighted by molar-refractivity contribution is 4.92. The molecule has 4 unspecified atom stereocenters. The van der Waals surface area contributed by atoms with Gasteiger partial charge in [0, 0.05) is 7.11 Å².